The summed E-state index contributed by atoms with van der Waals surface area (Å²) in [5.41, 5.74) is -0.295. The van der Waals surface area contributed by atoms with Crippen molar-refractivity contribution < 1.29 is 18.8 Å². The van der Waals surface area contributed by atoms with Crippen molar-refractivity contribution in [2.75, 3.05) is 0 Å². The first-order valence-corrected chi connectivity index (χ1v) is 7.40. The fraction of sp³-hybridized carbons (Fsp3) is 0.176. The van der Waals surface area contributed by atoms with Gasteiger partial charge in [0.1, 0.15) is 5.82 Å². The van der Waals surface area contributed by atoms with Crippen molar-refractivity contribution in [3.63, 3.8) is 0 Å². The molecule has 1 heterocycles. The average Bonchev–Trinajstić information content (AvgIpc) is 2.95. The number of carbonyl (C=O) groups is 1. The van der Waals surface area contributed by atoms with Gasteiger partial charge in [-0.1, -0.05) is 0 Å². The van der Waals surface area contributed by atoms with Gasteiger partial charge in [0.05, 0.1) is 4.92 Å². The first-order chi connectivity index (χ1) is 11.8. The van der Waals surface area contributed by atoms with E-state index in [0.717, 1.165) is 5.01 Å². The SMILES string of the molecule is CC(=O)N1N=C(c2ccc(F)cc2)O[C@]1(C)c1ccc([N+](=O)[O-])cc1. The van der Waals surface area contributed by atoms with Gasteiger partial charge in [-0.25, -0.2) is 4.39 Å². The molecule has 0 N–H and O–H groups in total. The summed E-state index contributed by atoms with van der Waals surface area (Å²) in [6.07, 6.45) is 0. The molecule has 25 heavy (non-hydrogen) atoms. The highest BCUT2D eigenvalue weighted by Crippen LogP contribution is 2.37. The molecular formula is C17H14FN3O4. The standard InChI is InChI=1S/C17H14FN3O4/c1-11(22)20-17(2,13-5-9-15(10-6-13)21(23)24)25-16(19-20)12-3-7-14(18)8-4-12/h3-10H,1-2H3/t17-/m1/s1. The third-order valence-electron chi connectivity index (χ3n) is 3.89. The van der Waals surface area contributed by atoms with Crippen molar-refractivity contribution in [2.24, 2.45) is 5.10 Å². The number of nitrogens with zero attached hydrogens (tertiary/aromatic N) is 3. The lowest BCUT2D eigenvalue weighted by atomic mass is 10.0. The van der Waals surface area contributed by atoms with Gasteiger partial charge in [-0.3, -0.25) is 14.9 Å². The predicted octanol–water partition coefficient (Wildman–Crippen LogP) is 3.15. The van der Waals surface area contributed by atoms with Gasteiger partial charge in [-0.05, 0) is 36.4 Å². The van der Waals surface area contributed by atoms with Crippen LogP contribution in [0.1, 0.15) is 25.0 Å². The van der Waals surface area contributed by atoms with Crippen LogP contribution < -0.4 is 0 Å². The zero-order valence-corrected chi connectivity index (χ0v) is 13.5. The van der Waals surface area contributed by atoms with Crippen LogP contribution in [0.5, 0.6) is 0 Å². The maximum Gasteiger partial charge on any atom is 0.269 e. The molecule has 8 heteroatoms. The summed E-state index contributed by atoms with van der Waals surface area (Å²) in [5, 5.41) is 16.2. The van der Waals surface area contributed by atoms with Crippen LogP contribution >= 0.6 is 0 Å². The van der Waals surface area contributed by atoms with E-state index in [1.165, 1.54) is 55.5 Å². The molecule has 7 nitrogen and oxygen atoms in total. The second-order valence-corrected chi connectivity index (χ2v) is 5.63. The van der Waals surface area contributed by atoms with Crippen molar-refractivity contribution in [2.45, 2.75) is 19.6 Å². The summed E-state index contributed by atoms with van der Waals surface area (Å²) in [4.78, 5) is 22.3. The van der Waals surface area contributed by atoms with Gasteiger partial charge in [0.25, 0.3) is 5.69 Å². The lowest BCUT2D eigenvalue weighted by Gasteiger charge is -2.30. The molecular weight excluding hydrogens is 329 g/mol. The quantitative estimate of drug-likeness (QED) is 0.633. The Bertz CT molecular complexity index is 864. The van der Waals surface area contributed by atoms with E-state index in [2.05, 4.69) is 5.10 Å². The van der Waals surface area contributed by atoms with Gasteiger partial charge in [0, 0.05) is 37.1 Å². The van der Waals surface area contributed by atoms with E-state index in [1.807, 2.05) is 0 Å². The Balaban J connectivity index is 1.99. The van der Waals surface area contributed by atoms with Crippen LogP contribution in [0.4, 0.5) is 10.1 Å². The lowest BCUT2D eigenvalue weighted by molar-refractivity contribution is -0.384. The minimum atomic E-state index is -1.26. The second-order valence-electron chi connectivity index (χ2n) is 5.63. The van der Waals surface area contributed by atoms with E-state index in [9.17, 15) is 19.3 Å². The Morgan fingerprint density at radius 1 is 1.20 bits per heavy atom. The van der Waals surface area contributed by atoms with E-state index in [-0.39, 0.29) is 17.5 Å². The minimum Gasteiger partial charge on any atom is -0.443 e. The second kappa shape index (κ2) is 5.97. The molecule has 1 aliphatic rings. The van der Waals surface area contributed by atoms with Crippen molar-refractivity contribution in [3.05, 3.63) is 75.6 Å². The third-order valence-corrected chi connectivity index (χ3v) is 3.89. The van der Waals surface area contributed by atoms with E-state index in [1.54, 1.807) is 6.92 Å². The Kier molecular flexibility index (Phi) is 3.96. The van der Waals surface area contributed by atoms with Crippen LogP contribution in [0, 0.1) is 15.9 Å². The number of ether oxygens (including phenoxy) is 1. The van der Waals surface area contributed by atoms with Crippen molar-refractivity contribution >= 4 is 17.5 Å². The number of amides is 1. The topological polar surface area (TPSA) is 85.0 Å². The Morgan fingerprint density at radius 2 is 1.80 bits per heavy atom. The number of benzene rings is 2. The monoisotopic (exact) mass is 343 g/mol. The zero-order chi connectivity index (χ0) is 18.2. The lowest BCUT2D eigenvalue weighted by Crippen LogP contribution is -2.41. The molecule has 3 rings (SSSR count). The summed E-state index contributed by atoms with van der Waals surface area (Å²) in [5.74, 6) is -0.599. The molecule has 1 aliphatic heterocycles. The van der Waals surface area contributed by atoms with E-state index >= 15 is 0 Å². The molecule has 0 aliphatic carbocycles. The van der Waals surface area contributed by atoms with Gasteiger partial charge in [-0.2, -0.15) is 5.01 Å². The number of halogens is 1. The summed E-state index contributed by atoms with van der Waals surface area (Å²) in [6.45, 7) is 2.97. The van der Waals surface area contributed by atoms with Crippen LogP contribution in [0.2, 0.25) is 0 Å². The Labute approximate surface area is 142 Å². The van der Waals surface area contributed by atoms with E-state index in [0.29, 0.717) is 11.1 Å². The molecule has 1 atom stereocenters. The maximum atomic E-state index is 13.1. The summed E-state index contributed by atoms with van der Waals surface area (Å²) in [6, 6.07) is 11.2. The number of nitro benzene ring substituents is 1. The van der Waals surface area contributed by atoms with Crippen molar-refractivity contribution in [1.82, 2.24) is 5.01 Å². The number of rotatable bonds is 3. The molecule has 0 saturated heterocycles. The third kappa shape index (κ3) is 2.93. The van der Waals surface area contributed by atoms with Crippen molar-refractivity contribution in [3.8, 4) is 0 Å². The van der Waals surface area contributed by atoms with Crippen molar-refractivity contribution in [1.29, 1.82) is 0 Å². The van der Waals surface area contributed by atoms with Gasteiger partial charge >= 0.3 is 0 Å². The number of nitro groups is 1. The smallest absolute Gasteiger partial charge is 0.269 e. The fourth-order valence-corrected chi connectivity index (χ4v) is 2.59. The van der Waals surface area contributed by atoms with Crippen LogP contribution in [-0.4, -0.2) is 21.7 Å². The Hall–Kier alpha value is -3.29. The maximum absolute atomic E-state index is 13.1. The summed E-state index contributed by atoms with van der Waals surface area (Å²) < 4.78 is 19.0. The Morgan fingerprint density at radius 3 is 2.32 bits per heavy atom. The van der Waals surface area contributed by atoms with E-state index in [4.69, 9.17) is 4.74 Å². The highest BCUT2D eigenvalue weighted by molar-refractivity contribution is 5.96. The van der Waals surface area contributed by atoms with Gasteiger partial charge in [0.15, 0.2) is 0 Å². The number of hydrogen-bond donors (Lipinski definition) is 0. The van der Waals surface area contributed by atoms with Crippen LogP contribution in [0.25, 0.3) is 0 Å². The molecule has 0 aromatic heterocycles. The van der Waals surface area contributed by atoms with Gasteiger partial charge in [0.2, 0.25) is 17.5 Å². The van der Waals surface area contributed by atoms with Crippen LogP contribution in [-0.2, 0) is 15.3 Å². The number of non-ortho nitro benzene ring substituents is 1. The largest absolute Gasteiger partial charge is 0.443 e. The molecule has 0 bridgehead atoms. The molecule has 0 saturated carbocycles. The molecule has 0 radical (unpaired) electrons. The van der Waals surface area contributed by atoms with Crippen LogP contribution in [0.3, 0.4) is 0 Å². The van der Waals surface area contributed by atoms with Gasteiger partial charge in [-0.15, -0.1) is 5.10 Å². The van der Waals surface area contributed by atoms with E-state index < -0.39 is 16.5 Å². The first-order valence-electron chi connectivity index (χ1n) is 7.40. The average molecular weight is 343 g/mol. The predicted molar refractivity (Wildman–Crippen MR) is 87.0 cm³/mol. The summed E-state index contributed by atoms with van der Waals surface area (Å²) >= 11 is 0. The van der Waals surface area contributed by atoms with Gasteiger partial charge < -0.3 is 4.74 Å². The number of carbonyl (C=O) groups excluding carboxylic acids is 1. The molecule has 0 fully saturated rings. The number of hydrazone groups is 1. The highest BCUT2D eigenvalue weighted by atomic mass is 19.1. The summed E-state index contributed by atoms with van der Waals surface area (Å²) in [7, 11) is 0. The minimum absolute atomic E-state index is 0.0700. The molecule has 1 amide bonds. The fourth-order valence-electron chi connectivity index (χ4n) is 2.59. The van der Waals surface area contributed by atoms with Crippen LogP contribution in [0.15, 0.2) is 53.6 Å². The molecule has 128 valence electrons. The molecule has 0 spiro atoms. The molecule has 2 aromatic carbocycles. The molecule has 0 unspecified atom stereocenters. The highest BCUT2D eigenvalue weighted by Gasteiger charge is 2.45. The normalized spacial score (nSPS) is 19.3. The zero-order valence-electron chi connectivity index (χ0n) is 13.5. The molecule has 2 aromatic rings. The number of hydrogen-bond acceptors (Lipinski definition) is 5. The first kappa shape index (κ1) is 16.6.